The van der Waals surface area contributed by atoms with E-state index in [-0.39, 0.29) is 0 Å². The van der Waals surface area contributed by atoms with Gasteiger partial charge in [-0.2, -0.15) is 0 Å². The van der Waals surface area contributed by atoms with Gasteiger partial charge in [-0.05, 0) is 18.0 Å². The van der Waals surface area contributed by atoms with E-state index in [9.17, 15) is 0 Å². The molecule has 0 spiro atoms. The van der Waals surface area contributed by atoms with Gasteiger partial charge in [0, 0.05) is 18.3 Å². The van der Waals surface area contributed by atoms with Gasteiger partial charge in [0.05, 0.1) is 0 Å². The number of nitrogens with zero attached hydrogens (tertiary/aromatic N) is 3. The van der Waals surface area contributed by atoms with Gasteiger partial charge >= 0.3 is 0 Å². The molecule has 21 heavy (non-hydrogen) atoms. The Balaban J connectivity index is 2.27. The Morgan fingerprint density at radius 2 is 1.95 bits per heavy atom. The fraction of sp³-hybridized carbons (Fsp3) is 0.500. The third-order valence-electron chi connectivity index (χ3n) is 3.48. The molecule has 0 radical (unpaired) electrons. The van der Waals surface area contributed by atoms with Crippen molar-refractivity contribution in [1.82, 2.24) is 20.1 Å². The van der Waals surface area contributed by atoms with E-state index < -0.39 is 0 Å². The summed E-state index contributed by atoms with van der Waals surface area (Å²) in [4.78, 5) is 0. The highest BCUT2D eigenvalue weighted by Gasteiger charge is 2.27. The highest BCUT2D eigenvalue weighted by Crippen LogP contribution is 2.35. The van der Waals surface area contributed by atoms with E-state index in [1.54, 1.807) is 18.1 Å². The van der Waals surface area contributed by atoms with Crippen LogP contribution in [0.15, 0.2) is 41.8 Å². The second-order valence-corrected chi connectivity index (χ2v) is 6.64. The molecule has 1 heterocycles. The van der Waals surface area contributed by atoms with Crippen LogP contribution >= 0.6 is 11.8 Å². The van der Waals surface area contributed by atoms with Gasteiger partial charge in [-0.15, -0.1) is 10.2 Å². The second kappa shape index (κ2) is 7.61. The molecule has 2 atom stereocenters. The van der Waals surface area contributed by atoms with Gasteiger partial charge in [0.15, 0.2) is 5.16 Å². The largest absolute Gasteiger partial charge is 0.312 e. The number of aromatic nitrogens is 3. The lowest BCUT2D eigenvalue weighted by atomic mass is 9.96. The first kappa shape index (κ1) is 16.0. The minimum absolute atomic E-state index is 0.304. The second-order valence-electron chi connectivity index (χ2n) is 5.50. The summed E-state index contributed by atoms with van der Waals surface area (Å²) in [5.74, 6) is 0.524. The summed E-state index contributed by atoms with van der Waals surface area (Å²) in [6.07, 6.45) is 1.75. The van der Waals surface area contributed by atoms with E-state index in [2.05, 4.69) is 66.6 Å². The van der Waals surface area contributed by atoms with Crippen molar-refractivity contribution in [1.29, 1.82) is 0 Å². The Hall–Kier alpha value is -1.33. The first-order valence-electron chi connectivity index (χ1n) is 7.42. The molecular formula is C16H24N4S. The number of thioether (sulfide) groups is 1. The van der Waals surface area contributed by atoms with Crippen molar-refractivity contribution in [3.63, 3.8) is 0 Å². The first-order valence-corrected chi connectivity index (χ1v) is 8.30. The minimum Gasteiger partial charge on any atom is -0.312 e. The van der Waals surface area contributed by atoms with E-state index >= 15 is 0 Å². The number of rotatable bonds is 7. The Labute approximate surface area is 131 Å². The Kier molecular flexibility index (Phi) is 5.82. The van der Waals surface area contributed by atoms with Crippen molar-refractivity contribution in [2.45, 2.75) is 37.2 Å². The average molecular weight is 304 g/mol. The highest BCUT2D eigenvalue weighted by molar-refractivity contribution is 7.99. The monoisotopic (exact) mass is 304 g/mol. The smallest absolute Gasteiger partial charge is 0.191 e. The zero-order valence-electron chi connectivity index (χ0n) is 13.2. The van der Waals surface area contributed by atoms with Crippen LogP contribution in [0.3, 0.4) is 0 Å². The first-order chi connectivity index (χ1) is 10.1. The summed E-state index contributed by atoms with van der Waals surface area (Å²) in [6.45, 7) is 7.63. The maximum absolute atomic E-state index is 4.22. The summed E-state index contributed by atoms with van der Waals surface area (Å²) in [5, 5.41) is 13.2. The van der Waals surface area contributed by atoms with Crippen LogP contribution in [0.25, 0.3) is 0 Å². The van der Waals surface area contributed by atoms with Crippen LogP contribution in [0, 0.1) is 5.92 Å². The predicted octanol–water partition coefficient (Wildman–Crippen LogP) is 3.28. The van der Waals surface area contributed by atoms with E-state index in [0.29, 0.717) is 17.2 Å². The van der Waals surface area contributed by atoms with E-state index in [1.165, 1.54) is 5.56 Å². The fourth-order valence-electron chi connectivity index (χ4n) is 2.39. The van der Waals surface area contributed by atoms with Crippen molar-refractivity contribution in [2.75, 3.05) is 6.54 Å². The number of nitrogens with one attached hydrogen (secondary N) is 1. The third kappa shape index (κ3) is 4.08. The van der Waals surface area contributed by atoms with E-state index in [0.717, 1.165) is 11.7 Å². The van der Waals surface area contributed by atoms with Gasteiger partial charge in [0.2, 0.25) is 0 Å². The Morgan fingerprint density at radius 1 is 1.24 bits per heavy atom. The van der Waals surface area contributed by atoms with Crippen LogP contribution < -0.4 is 5.32 Å². The summed E-state index contributed by atoms with van der Waals surface area (Å²) < 4.78 is 1.98. The molecule has 0 aliphatic heterocycles. The van der Waals surface area contributed by atoms with Crippen molar-refractivity contribution in [3.8, 4) is 0 Å². The van der Waals surface area contributed by atoms with Crippen molar-refractivity contribution in [2.24, 2.45) is 13.0 Å². The molecule has 5 heteroatoms. The molecule has 4 nitrogen and oxygen atoms in total. The van der Waals surface area contributed by atoms with Gasteiger partial charge in [-0.3, -0.25) is 0 Å². The number of benzene rings is 1. The lowest BCUT2D eigenvalue weighted by Gasteiger charge is -2.30. The molecule has 0 saturated carbocycles. The van der Waals surface area contributed by atoms with Crippen molar-refractivity contribution >= 4 is 11.8 Å². The fourth-order valence-corrected chi connectivity index (χ4v) is 3.61. The predicted molar refractivity (Wildman–Crippen MR) is 88.3 cm³/mol. The molecular weight excluding hydrogens is 280 g/mol. The van der Waals surface area contributed by atoms with Crippen LogP contribution in [0.4, 0.5) is 0 Å². The number of hydrogen-bond acceptors (Lipinski definition) is 4. The van der Waals surface area contributed by atoms with Gasteiger partial charge in [0.1, 0.15) is 6.33 Å². The lowest BCUT2D eigenvalue weighted by Crippen LogP contribution is -2.33. The third-order valence-corrected chi connectivity index (χ3v) is 5.15. The molecule has 1 N–H and O–H groups in total. The highest BCUT2D eigenvalue weighted by atomic mass is 32.2. The van der Waals surface area contributed by atoms with Crippen LogP contribution in [0.2, 0.25) is 0 Å². The molecule has 2 unspecified atom stereocenters. The molecule has 0 aliphatic rings. The molecule has 1 aromatic heterocycles. The summed E-state index contributed by atoms with van der Waals surface area (Å²) in [5.41, 5.74) is 1.33. The molecule has 114 valence electrons. The van der Waals surface area contributed by atoms with Crippen LogP contribution in [-0.4, -0.2) is 26.6 Å². The standard InChI is InChI=1S/C16H24N4S/c1-5-17-14(13-9-7-6-8-10-13)15(12(2)3)21-16-19-18-11-20(16)4/h6-12,14-15,17H,5H2,1-4H3. The number of hydrogen-bond donors (Lipinski definition) is 1. The van der Waals surface area contributed by atoms with E-state index in [4.69, 9.17) is 0 Å². The SMILES string of the molecule is CCNC(c1ccccc1)C(Sc1nncn1C)C(C)C. The van der Waals surface area contributed by atoms with Crippen molar-refractivity contribution < 1.29 is 0 Å². The van der Waals surface area contributed by atoms with Gasteiger partial charge in [-0.25, -0.2) is 0 Å². The topological polar surface area (TPSA) is 42.7 Å². The maximum Gasteiger partial charge on any atom is 0.191 e. The molecule has 0 amide bonds. The zero-order chi connectivity index (χ0) is 15.2. The van der Waals surface area contributed by atoms with Crippen molar-refractivity contribution in [3.05, 3.63) is 42.2 Å². The minimum atomic E-state index is 0.304. The lowest BCUT2D eigenvalue weighted by molar-refractivity contribution is 0.452. The van der Waals surface area contributed by atoms with Gasteiger partial charge < -0.3 is 9.88 Å². The summed E-state index contributed by atoms with van der Waals surface area (Å²) in [7, 11) is 1.99. The molecule has 0 saturated heterocycles. The van der Waals surface area contributed by atoms with Gasteiger partial charge in [0.25, 0.3) is 0 Å². The molecule has 2 aromatic rings. The van der Waals surface area contributed by atoms with Crippen LogP contribution in [0.1, 0.15) is 32.4 Å². The molecule has 1 aromatic carbocycles. The molecule has 2 rings (SSSR count). The maximum atomic E-state index is 4.22. The van der Waals surface area contributed by atoms with Crippen LogP contribution in [-0.2, 0) is 7.05 Å². The van der Waals surface area contributed by atoms with Crippen LogP contribution in [0.5, 0.6) is 0 Å². The molecule has 0 bridgehead atoms. The average Bonchev–Trinajstić information content (AvgIpc) is 2.88. The Bertz CT molecular complexity index is 538. The summed E-state index contributed by atoms with van der Waals surface area (Å²) >= 11 is 1.80. The number of aryl methyl sites for hydroxylation is 1. The zero-order valence-corrected chi connectivity index (χ0v) is 14.0. The van der Waals surface area contributed by atoms with E-state index in [1.807, 2.05) is 11.6 Å². The van der Waals surface area contributed by atoms with Gasteiger partial charge in [-0.1, -0.05) is 62.9 Å². The quantitative estimate of drug-likeness (QED) is 0.797. The summed E-state index contributed by atoms with van der Waals surface area (Å²) in [6, 6.07) is 11.0. The Morgan fingerprint density at radius 3 is 2.48 bits per heavy atom. The molecule has 0 aliphatic carbocycles. The normalized spacial score (nSPS) is 14.3. The molecule has 0 fully saturated rings.